The van der Waals surface area contributed by atoms with Crippen molar-refractivity contribution in [3.63, 3.8) is 0 Å². The lowest BCUT2D eigenvalue weighted by Gasteiger charge is -2.04. The molecule has 0 aliphatic carbocycles. The van der Waals surface area contributed by atoms with E-state index >= 15 is 0 Å². The SMILES string of the molecule is Cn1c(=O)oc2ccc(CCC(=O)NCc3ccco3)cc21. The van der Waals surface area contributed by atoms with Crippen LogP contribution < -0.4 is 11.1 Å². The highest BCUT2D eigenvalue weighted by Gasteiger charge is 2.08. The van der Waals surface area contributed by atoms with Crippen molar-refractivity contribution in [2.45, 2.75) is 19.4 Å². The summed E-state index contributed by atoms with van der Waals surface area (Å²) < 4.78 is 11.7. The van der Waals surface area contributed by atoms with Crippen LogP contribution in [-0.2, 0) is 24.8 Å². The molecule has 0 atom stereocenters. The Balaban J connectivity index is 1.60. The van der Waals surface area contributed by atoms with Crippen molar-refractivity contribution in [2.24, 2.45) is 7.05 Å². The Hall–Kier alpha value is -2.76. The van der Waals surface area contributed by atoms with Crippen LogP contribution in [0, 0.1) is 0 Å². The van der Waals surface area contributed by atoms with Gasteiger partial charge in [-0.25, -0.2) is 4.79 Å². The molecule has 3 aromatic rings. The van der Waals surface area contributed by atoms with Gasteiger partial charge in [-0.1, -0.05) is 6.07 Å². The molecule has 1 aromatic carbocycles. The summed E-state index contributed by atoms with van der Waals surface area (Å²) >= 11 is 0. The van der Waals surface area contributed by atoms with Crippen molar-refractivity contribution in [1.82, 2.24) is 9.88 Å². The standard InChI is InChI=1S/C16H16N2O4/c1-18-13-9-11(4-6-14(13)22-16(18)20)5-7-15(19)17-10-12-3-2-8-21-12/h2-4,6,8-9H,5,7,10H2,1H3,(H,17,19). The molecule has 2 aromatic heterocycles. The normalized spacial score (nSPS) is 11.0. The second-order valence-electron chi connectivity index (χ2n) is 5.09. The number of rotatable bonds is 5. The topological polar surface area (TPSA) is 77.4 Å². The molecule has 0 saturated heterocycles. The fourth-order valence-electron chi connectivity index (χ4n) is 2.27. The molecule has 1 amide bonds. The monoisotopic (exact) mass is 300 g/mol. The van der Waals surface area contributed by atoms with Gasteiger partial charge in [0.15, 0.2) is 5.58 Å². The van der Waals surface area contributed by atoms with Crippen molar-refractivity contribution in [3.8, 4) is 0 Å². The molecule has 0 radical (unpaired) electrons. The van der Waals surface area contributed by atoms with Crippen LogP contribution in [0.3, 0.4) is 0 Å². The molecule has 0 aliphatic rings. The Labute approximate surface area is 126 Å². The second-order valence-corrected chi connectivity index (χ2v) is 5.09. The van der Waals surface area contributed by atoms with E-state index in [4.69, 9.17) is 8.83 Å². The molecule has 0 fully saturated rings. The first kappa shape index (κ1) is 14.2. The van der Waals surface area contributed by atoms with Crippen molar-refractivity contribution in [1.29, 1.82) is 0 Å². The van der Waals surface area contributed by atoms with Crippen LogP contribution >= 0.6 is 0 Å². The fourth-order valence-corrected chi connectivity index (χ4v) is 2.27. The molecule has 22 heavy (non-hydrogen) atoms. The van der Waals surface area contributed by atoms with Crippen LogP contribution in [0.1, 0.15) is 17.7 Å². The van der Waals surface area contributed by atoms with E-state index in [1.165, 1.54) is 4.57 Å². The third-order valence-electron chi connectivity index (χ3n) is 3.54. The molecular formula is C16H16N2O4. The quantitative estimate of drug-likeness (QED) is 0.781. The van der Waals surface area contributed by atoms with Crippen molar-refractivity contribution >= 4 is 17.0 Å². The number of amides is 1. The maximum absolute atomic E-state index is 11.8. The molecule has 0 spiro atoms. The van der Waals surface area contributed by atoms with E-state index in [9.17, 15) is 9.59 Å². The summed E-state index contributed by atoms with van der Waals surface area (Å²) in [6.45, 7) is 0.390. The predicted octanol–water partition coefficient (Wildman–Crippen LogP) is 1.97. The molecular weight excluding hydrogens is 284 g/mol. The van der Waals surface area contributed by atoms with Crippen LogP contribution in [0.15, 0.2) is 50.2 Å². The lowest BCUT2D eigenvalue weighted by molar-refractivity contribution is -0.121. The highest BCUT2D eigenvalue weighted by atomic mass is 16.4. The maximum Gasteiger partial charge on any atom is 0.419 e. The summed E-state index contributed by atoms with van der Waals surface area (Å²) in [7, 11) is 1.66. The molecule has 0 bridgehead atoms. The average molecular weight is 300 g/mol. The Morgan fingerprint density at radius 3 is 2.95 bits per heavy atom. The van der Waals surface area contributed by atoms with E-state index in [0.29, 0.717) is 25.0 Å². The zero-order chi connectivity index (χ0) is 15.5. The van der Waals surface area contributed by atoms with E-state index in [2.05, 4.69) is 5.32 Å². The number of aryl methyl sites for hydroxylation is 2. The van der Waals surface area contributed by atoms with Gasteiger partial charge in [0.2, 0.25) is 5.91 Å². The summed E-state index contributed by atoms with van der Waals surface area (Å²) in [5.74, 6) is 0.295. The Morgan fingerprint density at radius 2 is 2.18 bits per heavy atom. The third kappa shape index (κ3) is 2.95. The highest BCUT2D eigenvalue weighted by molar-refractivity contribution is 5.77. The summed E-state index contributed by atoms with van der Waals surface area (Å²) in [5.41, 5.74) is 2.27. The van der Waals surface area contributed by atoms with Crippen LogP contribution in [-0.4, -0.2) is 10.5 Å². The van der Waals surface area contributed by atoms with Gasteiger partial charge in [0, 0.05) is 13.5 Å². The highest BCUT2D eigenvalue weighted by Crippen LogP contribution is 2.15. The number of oxazole rings is 1. The lowest BCUT2D eigenvalue weighted by Crippen LogP contribution is -2.22. The van der Waals surface area contributed by atoms with Gasteiger partial charge in [0.1, 0.15) is 5.76 Å². The first-order valence-electron chi connectivity index (χ1n) is 7.01. The first-order chi connectivity index (χ1) is 10.6. The number of nitrogens with zero attached hydrogens (tertiary/aromatic N) is 1. The molecule has 0 saturated carbocycles. The van der Waals surface area contributed by atoms with Gasteiger partial charge in [-0.3, -0.25) is 9.36 Å². The van der Waals surface area contributed by atoms with Crippen molar-refractivity contribution in [2.75, 3.05) is 0 Å². The summed E-state index contributed by atoms with van der Waals surface area (Å²) in [4.78, 5) is 23.3. The lowest BCUT2D eigenvalue weighted by atomic mass is 10.1. The smallest absolute Gasteiger partial charge is 0.419 e. The minimum atomic E-state index is -0.386. The molecule has 1 N–H and O–H groups in total. The van der Waals surface area contributed by atoms with E-state index in [-0.39, 0.29) is 11.7 Å². The fraction of sp³-hybridized carbons (Fsp3) is 0.250. The van der Waals surface area contributed by atoms with Gasteiger partial charge in [-0.05, 0) is 36.2 Å². The van der Waals surface area contributed by atoms with Crippen molar-refractivity contribution < 1.29 is 13.6 Å². The van der Waals surface area contributed by atoms with Crippen LogP contribution in [0.5, 0.6) is 0 Å². The van der Waals surface area contributed by atoms with Gasteiger partial charge in [-0.2, -0.15) is 0 Å². The van der Waals surface area contributed by atoms with Gasteiger partial charge in [0.05, 0.1) is 18.3 Å². The third-order valence-corrected chi connectivity index (χ3v) is 3.54. The minimum Gasteiger partial charge on any atom is -0.467 e. The largest absolute Gasteiger partial charge is 0.467 e. The molecule has 114 valence electrons. The molecule has 0 unspecified atom stereocenters. The van der Waals surface area contributed by atoms with Crippen LogP contribution in [0.25, 0.3) is 11.1 Å². The molecule has 2 heterocycles. The van der Waals surface area contributed by atoms with E-state index in [1.807, 2.05) is 18.2 Å². The minimum absolute atomic E-state index is 0.0439. The van der Waals surface area contributed by atoms with E-state index in [1.54, 1.807) is 25.4 Å². The second kappa shape index (κ2) is 5.93. The zero-order valence-corrected chi connectivity index (χ0v) is 12.2. The number of nitrogens with one attached hydrogen (secondary N) is 1. The van der Waals surface area contributed by atoms with E-state index < -0.39 is 0 Å². The predicted molar refractivity (Wildman–Crippen MR) is 80.3 cm³/mol. The van der Waals surface area contributed by atoms with Gasteiger partial charge >= 0.3 is 5.76 Å². The first-order valence-corrected chi connectivity index (χ1v) is 7.01. The molecule has 0 aliphatic heterocycles. The summed E-state index contributed by atoms with van der Waals surface area (Å²) in [6, 6.07) is 9.09. The number of aromatic nitrogens is 1. The van der Waals surface area contributed by atoms with Crippen molar-refractivity contribution in [3.05, 3.63) is 58.5 Å². The van der Waals surface area contributed by atoms with Gasteiger partial charge in [0.25, 0.3) is 0 Å². The Kier molecular flexibility index (Phi) is 3.82. The van der Waals surface area contributed by atoms with Gasteiger partial charge < -0.3 is 14.2 Å². The maximum atomic E-state index is 11.8. The molecule has 6 heteroatoms. The summed E-state index contributed by atoms with van der Waals surface area (Å²) in [5, 5.41) is 2.80. The average Bonchev–Trinajstić information content (AvgIpc) is 3.13. The van der Waals surface area contributed by atoms with Crippen LogP contribution in [0.4, 0.5) is 0 Å². The Bertz CT molecular complexity index is 843. The van der Waals surface area contributed by atoms with E-state index in [0.717, 1.165) is 16.8 Å². The number of hydrogen-bond acceptors (Lipinski definition) is 4. The number of hydrogen-bond donors (Lipinski definition) is 1. The number of carbonyl (C=O) groups is 1. The number of benzene rings is 1. The van der Waals surface area contributed by atoms with Crippen LogP contribution in [0.2, 0.25) is 0 Å². The zero-order valence-electron chi connectivity index (χ0n) is 12.2. The number of furan rings is 1. The summed E-state index contributed by atoms with van der Waals surface area (Å²) in [6.07, 6.45) is 2.54. The molecule has 3 rings (SSSR count). The molecule has 6 nitrogen and oxygen atoms in total. The number of fused-ring (bicyclic) bond motifs is 1. The van der Waals surface area contributed by atoms with Gasteiger partial charge in [-0.15, -0.1) is 0 Å². The Morgan fingerprint density at radius 1 is 1.32 bits per heavy atom. The number of carbonyl (C=O) groups excluding carboxylic acids is 1.